The molecule has 8 heteroatoms. The Morgan fingerprint density at radius 3 is 2.81 bits per heavy atom. The minimum atomic E-state index is -0.919. The number of rotatable bonds is 6. The van der Waals surface area contributed by atoms with Crippen molar-refractivity contribution < 1.29 is 23.5 Å². The van der Waals surface area contributed by atoms with Gasteiger partial charge in [0, 0.05) is 30.9 Å². The molecule has 0 spiro atoms. The van der Waals surface area contributed by atoms with Crippen LogP contribution >= 0.6 is 0 Å². The van der Waals surface area contributed by atoms with Crippen molar-refractivity contribution in [1.29, 1.82) is 0 Å². The van der Waals surface area contributed by atoms with Gasteiger partial charge in [-0.2, -0.15) is 0 Å². The molecule has 0 fully saturated rings. The van der Waals surface area contributed by atoms with Crippen molar-refractivity contribution in [3.8, 4) is 5.75 Å². The third kappa shape index (κ3) is 4.08. The van der Waals surface area contributed by atoms with Gasteiger partial charge in [0.1, 0.15) is 18.5 Å². The zero-order valence-corrected chi connectivity index (χ0v) is 13.9. The Hall–Kier alpha value is -2.74. The molecule has 26 heavy (non-hydrogen) atoms. The molecule has 0 aromatic heterocycles. The summed E-state index contributed by atoms with van der Waals surface area (Å²) in [6.07, 6.45) is 0.535. The van der Waals surface area contributed by atoms with Crippen molar-refractivity contribution >= 4 is 11.4 Å². The number of anilines is 1. The van der Waals surface area contributed by atoms with Gasteiger partial charge in [-0.05, 0) is 30.5 Å². The van der Waals surface area contributed by atoms with Gasteiger partial charge in [0.2, 0.25) is 0 Å². The molecule has 1 unspecified atom stereocenters. The van der Waals surface area contributed by atoms with Gasteiger partial charge in [0.15, 0.2) is 11.6 Å². The molecule has 6 nitrogen and oxygen atoms in total. The number of aliphatic hydroxyl groups is 1. The van der Waals surface area contributed by atoms with E-state index in [4.69, 9.17) is 4.74 Å². The summed E-state index contributed by atoms with van der Waals surface area (Å²) in [7, 11) is 0. The zero-order chi connectivity index (χ0) is 18.7. The largest absolute Gasteiger partial charge is 0.491 e. The van der Waals surface area contributed by atoms with Gasteiger partial charge in [0.05, 0.1) is 11.0 Å². The Kier molecular flexibility index (Phi) is 5.32. The third-order valence-electron chi connectivity index (χ3n) is 4.24. The number of benzene rings is 2. The van der Waals surface area contributed by atoms with Crippen LogP contribution in [0.2, 0.25) is 0 Å². The van der Waals surface area contributed by atoms with E-state index in [1.165, 1.54) is 24.3 Å². The first-order chi connectivity index (χ1) is 12.4. The van der Waals surface area contributed by atoms with Crippen LogP contribution in [0.5, 0.6) is 5.75 Å². The minimum Gasteiger partial charge on any atom is -0.491 e. The number of aliphatic hydroxyl groups excluding tert-OH is 1. The van der Waals surface area contributed by atoms with Crippen LogP contribution in [0.1, 0.15) is 12.0 Å². The monoisotopic (exact) mass is 364 g/mol. The number of hydrogen-bond acceptors (Lipinski definition) is 5. The highest BCUT2D eigenvalue weighted by atomic mass is 19.2. The first kappa shape index (κ1) is 18.1. The second-order valence-corrected chi connectivity index (χ2v) is 6.16. The average Bonchev–Trinajstić information content (AvgIpc) is 2.62. The van der Waals surface area contributed by atoms with Crippen LogP contribution in [-0.4, -0.2) is 35.8 Å². The fourth-order valence-electron chi connectivity index (χ4n) is 3.03. The molecule has 0 radical (unpaired) electrons. The minimum absolute atomic E-state index is 0.0727. The van der Waals surface area contributed by atoms with Gasteiger partial charge in [-0.15, -0.1) is 0 Å². The summed E-state index contributed by atoms with van der Waals surface area (Å²) in [5, 5.41) is 21.0. The molecule has 0 saturated heterocycles. The summed E-state index contributed by atoms with van der Waals surface area (Å²) in [6, 6.07) is 8.04. The van der Waals surface area contributed by atoms with Crippen LogP contribution in [0.25, 0.3) is 0 Å². The Morgan fingerprint density at radius 1 is 1.27 bits per heavy atom. The summed E-state index contributed by atoms with van der Waals surface area (Å²) >= 11 is 0. The Balaban J connectivity index is 1.63. The lowest BCUT2D eigenvalue weighted by Gasteiger charge is -2.33. The molecule has 0 amide bonds. The molecule has 1 atom stereocenters. The number of halogens is 2. The van der Waals surface area contributed by atoms with Gasteiger partial charge < -0.3 is 14.7 Å². The van der Waals surface area contributed by atoms with Gasteiger partial charge in [0.25, 0.3) is 5.69 Å². The Morgan fingerprint density at radius 2 is 2.04 bits per heavy atom. The first-order valence-corrected chi connectivity index (χ1v) is 8.22. The lowest BCUT2D eigenvalue weighted by molar-refractivity contribution is -0.384. The third-order valence-corrected chi connectivity index (χ3v) is 4.24. The normalized spacial score (nSPS) is 14.7. The Labute approximate surface area is 148 Å². The number of nitro groups is 1. The molecular weight excluding hydrogens is 346 g/mol. The number of fused-ring (bicyclic) bond motifs is 1. The quantitative estimate of drug-likeness (QED) is 0.630. The molecule has 1 heterocycles. The molecule has 3 rings (SSSR count). The summed E-state index contributed by atoms with van der Waals surface area (Å²) < 4.78 is 32.3. The maximum Gasteiger partial charge on any atom is 0.273 e. The molecule has 1 N–H and O–H groups in total. The van der Waals surface area contributed by atoms with E-state index < -0.39 is 22.7 Å². The molecule has 1 aliphatic heterocycles. The van der Waals surface area contributed by atoms with Crippen LogP contribution in [0, 0.1) is 21.7 Å². The summed E-state index contributed by atoms with van der Waals surface area (Å²) in [5.74, 6) is -1.51. The predicted octanol–water partition coefficient (Wildman–Crippen LogP) is 3.07. The van der Waals surface area contributed by atoms with E-state index >= 15 is 0 Å². The van der Waals surface area contributed by atoms with Gasteiger partial charge in [-0.3, -0.25) is 10.1 Å². The van der Waals surface area contributed by atoms with Crippen LogP contribution in [0.15, 0.2) is 36.4 Å². The highest BCUT2D eigenvalue weighted by molar-refractivity contribution is 5.56. The second kappa shape index (κ2) is 7.65. The van der Waals surface area contributed by atoms with E-state index in [0.717, 1.165) is 12.5 Å². The predicted molar refractivity (Wildman–Crippen MR) is 91.5 cm³/mol. The maximum atomic E-state index is 13.5. The lowest BCUT2D eigenvalue weighted by atomic mass is 10.0. The van der Waals surface area contributed by atoms with E-state index in [2.05, 4.69) is 0 Å². The van der Waals surface area contributed by atoms with Gasteiger partial charge in [-0.1, -0.05) is 6.07 Å². The fourth-order valence-corrected chi connectivity index (χ4v) is 3.03. The topological polar surface area (TPSA) is 75.8 Å². The van der Waals surface area contributed by atoms with Gasteiger partial charge >= 0.3 is 0 Å². The van der Waals surface area contributed by atoms with Crippen molar-refractivity contribution in [3.05, 3.63) is 63.7 Å². The first-order valence-electron chi connectivity index (χ1n) is 8.22. The van der Waals surface area contributed by atoms with E-state index in [1.54, 1.807) is 11.0 Å². The van der Waals surface area contributed by atoms with E-state index in [9.17, 15) is 24.0 Å². The highest BCUT2D eigenvalue weighted by Crippen LogP contribution is 2.29. The average molecular weight is 364 g/mol. The number of nitro benzene ring substituents is 1. The molecule has 0 saturated carbocycles. The SMILES string of the molecule is O=[N+]([O-])c1cccc(OCC(O)CN2CCCc3cc(F)c(F)cc32)c1. The standard InChI is InChI=1S/C18H18F2N2O4/c19-16-7-12-3-2-6-21(18(12)9-17(16)20)10-14(23)11-26-15-5-1-4-13(8-15)22(24)25/h1,4-5,7-9,14,23H,2-3,6,10-11H2. The molecule has 2 aromatic rings. The van der Waals surface area contributed by atoms with Crippen molar-refractivity contribution in [1.82, 2.24) is 0 Å². The van der Waals surface area contributed by atoms with Crippen LogP contribution in [0.4, 0.5) is 20.2 Å². The highest BCUT2D eigenvalue weighted by Gasteiger charge is 2.22. The van der Waals surface area contributed by atoms with Crippen LogP contribution < -0.4 is 9.64 Å². The number of ether oxygens (including phenoxy) is 1. The van der Waals surface area contributed by atoms with Crippen molar-refractivity contribution in [2.45, 2.75) is 18.9 Å². The maximum absolute atomic E-state index is 13.5. The Bertz CT molecular complexity index is 816. The molecular formula is C18H18F2N2O4. The van der Waals surface area contributed by atoms with Crippen LogP contribution in [0.3, 0.4) is 0 Å². The molecule has 1 aliphatic rings. The smallest absolute Gasteiger partial charge is 0.273 e. The van der Waals surface area contributed by atoms with Crippen molar-refractivity contribution in [2.75, 3.05) is 24.6 Å². The van der Waals surface area contributed by atoms with Gasteiger partial charge in [-0.25, -0.2) is 8.78 Å². The summed E-state index contributed by atoms with van der Waals surface area (Å²) in [5.41, 5.74) is 1.19. The van der Waals surface area contributed by atoms with Crippen molar-refractivity contribution in [2.24, 2.45) is 0 Å². The fraction of sp³-hybridized carbons (Fsp3) is 0.333. The number of aryl methyl sites for hydroxylation is 1. The second-order valence-electron chi connectivity index (χ2n) is 6.16. The van der Waals surface area contributed by atoms with Crippen LogP contribution in [-0.2, 0) is 6.42 Å². The molecule has 0 aliphatic carbocycles. The number of hydrogen-bond donors (Lipinski definition) is 1. The van der Waals surface area contributed by atoms with E-state index in [-0.39, 0.29) is 24.6 Å². The zero-order valence-electron chi connectivity index (χ0n) is 13.9. The molecule has 138 valence electrons. The number of nitrogens with zero attached hydrogens (tertiary/aromatic N) is 2. The van der Waals surface area contributed by atoms with E-state index in [0.29, 0.717) is 24.2 Å². The van der Waals surface area contributed by atoms with E-state index in [1.807, 2.05) is 0 Å². The summed E-state index contributed by atoms with van der Waals surface area (Å²) in [6.45, 7) is 0.732. The lowest BCUT2D eigenvalue weighted by Crippen LogP contribution is -2.38. The number of β-amino-alcohol motifs (C(OH)–C–C–N with tert-alkyl or cyclic N) is 1. The molecule has 2 aromatic carbocycles. The molecule has 0 bridgehead atoms. The number of non-ortho nitro benzene ring substituents is 1. The van der Waals surface area contributed by atoms with Crippen molar-refractivity contribution in [3.63, 3.8) is 0 Å². The summed E-state index contributed by atoms with van der Waals surface area (Å²) in [4.78, 5) is 12.0.